The highest BCUT2D eigenvalue weighted by Crippen LogP contribution is 2.32. The van der Waals surface area contributed by atoms with E-state index in [4.69, 9.17) is 11.6 Å². The zero-order valence-corrected chi connectivity index (χ0v) is 10.2. The van der Waals surface area contributed by atoms with Crippen LogP contribution in [0.5, 0.6) is 0 Å². The Hall–Kier alpha value is -1.18. The molecule has 1 aromatic rings. The van der Waals surface area contributed by atoms with Crippen LogP contribution in [0.3, 0.4) is 0 Å². The van der Waals surface area contributed by atoms with Crippen molar-refractivity contribution in [1.29, 1.82) is 0 Å². The van der Waals surface area contributed by atoms with E-state index in [9.17, 15) is 8.42 Å². The molecule has 0 aliphatic carbocycles. The summed E-state index contributed by atoms with van der Waals surface area (Å²) in [7, 11) is -2.93. The van der Waals surface area contributed by atoms with Crippen molar-refractivity contribution in [3.8, 4) is 0 Å². The molecule has 2 rings (SSSR count). The van der Waals surface area contributed by atoms with Gasteiger partial charge in [-0.2, -0.15) is 0 Å². The maximum absolute atomic E-state index is 11.5. The highest BCUT2D eigenvalue weighted by Gasteiger charge is 2.34. The largest absolute Gasteiger partial charge is 0.398 e. The topological polar surface area (TPSA) is 111 Å². The minimum absolute atomic E-state index is 0.0449. The molecule has 5 N–H and O–H groups in total. The average Bonchev–Trinajstić information content (AvgIpc) is 2.63. The van der Waals surface area contributed by atoms with Crippen LogP contribution in [0.4, 0.5) is 5.69 Å². The van der Waals surface area contributed by atoms with Gasteiger partial charge in [0, 0.05) is 23.6 Å². The third kappa shape index (κ3) is 2.56. The zero-order valence-electron chi connectivity index (χ0n) is 9.33. The van der Waals surface area contributed by atoms with Crippen LogP contribution in [0, 0.1) is 5.92 Å². The van der Waals surface area contributed by atoms with Crippen LogP contribution in [0.15, 0.2) is 18.5 Å². The first-order valence-electron chi connectivity index (χ1n) is 5.39. The Bertz CT molecular complexity index is 503. The van der Waals surface area contributed by atoms with Gasteiger partial charge in [-0.25, -0.2) is 8.42 Å². The number of nitrogens with one attached hydrogen (secondary N) is 1. The van der Waals surface area contributed by atoms with E-state index in [-0.39, 0.29) is 23.5 Å². The summed E-state index contributed by atoms with van der Waals surface area (Å²) in [5, 5.41) is 0. The Morgan fingerprint density at radius 3 is 2.82 bits per heavy atom. The first-order valence-corrected chi connectivity index (χ1v) is 7.21. The van der Waals surface area contributed by atoms with Gasteiger partial charge < -0.3 is 5.73 Å². The van der Waals surface area contributed by atoms with Crippen molar-refractivity contribution in [1.82, 2.24) is 10.4 Å². The highest BCUT2D eigenvalue weighted by atomic mass is 32.2. The van der Waals surface area contributed by atoms with Gasteiger partial charge in [0.1, 0.15) is 0 Å². The Labute approximate surface area is 100 Å². The molecule has 0 aromatic carbocycles. The Morgan fingerprint density at radius 1 is 1.53 bits per heavy atom. The summed E-state index contributed by atoms with van der Waals surface area (Å²) in [6.45, 7) is 0. The van der Waals surface area contributed by atoms with Gasteiger partial charge in [-0.05, 0) is 18.4 Å². The second kappa shape index (κ2) is 4.59. The van der Waals surface area contributed by atoms with Gasteiger partial charge in [0.15, 0.2) is 9.84 Å². The summed E-state index contributed by atoms with van der Waals surface area (Å²) in [5.74, 6) is 5.84. The smallest absolute Gasteiger partial charge is 0.150 e. The van der Waals surface area contributed by atoms with Gasteiger partial charge in [0.2, 0.25) is 0 Å². The molecule has 1 aliphatic rings. The standard InChI is InChI=1S/C10H16N4O2S/c11-9-1-3-13-5-8(9)10(14-12)7-2-4-17(15,16)6-7/h1,3,5,7,10,14H,2,4,6,12H2,(H2,11,13). The number of anilines is 1. The third-order valence-electron chi connectivity index (χ3n) is 3.14. The molecule has 2 heterocycles. The fourth-order valence-corrected chi connectivity index (χ4v) is 4.08. The van der Waals surface area contributed by atoms with E-state index in [1.165, 1.54) is 0 Å². The summed E-state index contributed by atoms with van der Waals surface area (Å²) < 4.78 is 22.9. The Morgan fingerprint density at radius 2 is 2.29 bits per heavy atom. The van der Waals surface area contributed by atoms with E-state index < -0.39 is 9.84 Å². The number of aromatic nitrogens is 1. The molecule has 2 atom stereocenters. The van der Waals surface area contributed by atoms with E-state index in [2.05, 4.69) is 10.4 Å². The van der Waals surface area contributed by atoms with Crippen molar-refractivity contribution in [3.05, 3.63) is 24.0 Å². The molecule has 1 aromatic heterocycles. The maximum Gasteiger partial charge on any atom is 0.150 e. The number of sulfone groups is 1. The maximum atomic E-state index is 11.5. The summed E-state index contributed by atoms with van der Waals surface area (Å²) in [4.78, 5) is 4.00. The summed E-state index contributed by atoms with van der Waals surface area (Å²) in [5.41, 5.74) is 9.84. The molecule has 1 fully saturated rings. The number of nitrogens with zero attached hydrogens (tertiary/aromatic N) is 1. The number of hydrogen-bond acceptors (Lipinski definition) is 6. The minimum Gasteiger partial charge on any atom is -0.398 e. The van der Waals surface area contributed by atoms with Crippen LogP contribution >= 0.6 is 0 Å². The van der Waals surface area contributed by atoms with E-state index in [0.29, 0.717) is 12.1 Å². The van der Waals surface area contributed by atoms with Gasteiger partial charge in [0.05, 0.1) is 17.5 Å². The molecule has 1 aliphatic heterocycles. The lowest BCUT2D eigenvalue weighted by Gasteiger charge is -2.22. The molecule has 94 valence electrons. The molecule has 0 spiro atoms. The normalized spacial score (nSPS) is 24.6. The Kier molecular flexibility index (Phi) is 3.32. The SMILES string of the molecule is NNC(c1cnccc1N)C1CCS(=O)(=O)C1. The molecular formula is C10H16N4O2S. The third-order valence-corrected chi connectivity index (χ3v) is 4.93. The number of pyridine rings is 1. The summed E-state index contributed by atoms with van der Waals surface area (Å²) in [6, 6.07) is 1.42. The fourth-order valence-electron chi connectivity index (χ4n) is 2.24. The van der Waals surface area contributed by atoms with Crippen molar-refractivity contribution >= 4 is 15.5 Å². The van der Waals surface area contributed by atoms with Crippen molar-refractivity contribution < 1.29 is 8.42 Å². The number of rotatable bonds is 3. The van der Waals surface area contributed by atoms with Crippen LogP contribution in [0.25, 0.3) is 0 Å². The molecule has 2 unspecified atom stereocenters. The minimum atomic E-state index is -2.93. The van der Waals surface area contributed by atoms with Gasteiger partial charge >= 0.3 is 0 Å². The number of nitrogens with two attached hydrogens (primary N) is 2. The lowest BCUT2D eigenvalue weighted by Crippen LogP contribution is -2.34. The molecule has 17 heavy (non-hydrogen) atoms. The first kappa shape index (κ1) is 12.3. The summed E-state index contributed by atoms with van der Waals surface area (Å²) >= 11 is 0. The van der Waals surface area contributed by atoms with Crippen molar-refractivity contribution in [2.45, 2.75) is 12.5 Å². The highest BCUT2D eigenvalue weighted by molar-refractivity contribution is 7.91. The predicted octanol–water partition coefficient (Wildman–Crippen LogP) is -0.397. The predicted molar refractivity (Wildman–Crippen MR) is 65.5 cm³/mol. The molecule has 1 saturated heterocycles. The second-order valence-corrected chi connectivity index (χ2v) is 6.54. The van der Waals surface area contributed by atoms with E-state index in [1.54, 1.807) is 18.5 Å². The molecule has 0 radical (unpaired) electrons. The molecular weight excluding hydrogens is 240 g/mol. The quantitative estimate of drug-likeness (QED) is 0.501. The van der Waals surface area contributed by atoms with Crippen molar-refractivity contribution in [2.75, 3.05) is 17.2 Å². The summed E-state index contributed by atoms with van der Waals surface area (Å²) in [6.07, 6.45) is 3.83. The average molecular weight is 256 g/mol. The van der Waals surface area contributed by atoms with Crippen molar-refractivity contribution in [3.63, 3.8) is 0 Å². The van der Waals surface area contributed by atoms with E-state index in [0.717, 1.165) is 5.56 Å². The zero-order chi connectivity index (χ0) is 12.5. The van der Waals surface area contributed by atoms with Crippen LogP contribution in [-0.2, 0) is 9.84 Å². The molecule has 0 amide bonds. The molecule has 0 bridgehead atoms. The lowest BCUT2D eigenvalue weighted by molar-refractivity contribution is 0.399. The van der Waals surface area contributed by atoms with Crippen LogP contribution in [0.2, 0.25) is 0 Å². The van der Waals surface area contributed by atoms with Gasteiger partial charge in [-0.1, -0.05) is 0 Å². The molecule has 6 nitrogen and oxygen atoms in total. The number of nitrogen functional groups attached to an aromatic ring is 1. The molecule has 0 saturated carbocycles. The second-order valence-electron chi connectivity index (χ2n) is 4.31. The number of hydrazine groups is 1. The van der Waals surface area contributed by atoms with Crippen LogP contribution in [0.1, 0.15) is 18.0 Å². The van der Waals surface area contributed by atoms with Gasteiger partial charge in [0.25, 0.3) is 0 Å². The van der Waals surface area contributed by atoms with Gasteiger partial charge in [-0.15, -0.1) is 0 Å². The van der Waals surface area contributed by atoms with Crippen LogP contribution in [-0.4, -0.2) is 24.9 Å². The van der Waals surface area contributed by atoms with Gasteiger partial charge in [-0.3, -0.25) is 16.3 Å². The van der Waals surface area contributed by atoms with Crippen LogP contribution < -0.4 is 17.0 Å². The van der Waals surface area contributed by atoms with E-state index >= 15 is 0 Å². The van der Waals surface area contributed by atoms with Crippen molar-refractivity contribution in [2.24, 2.45) is 11.8 Å². The lowest BCUT2D eigenvalue weighted by atomic mass is 9.93. The monoisotopic (exact) mass is 256 g/mol. The number of hydrogen-bond donors (Lipinski definition) is 3. The fraction of sp³-hybridized carbons (Fsp3) is 0.500. The Balaban J connectivity index is 2.26. The molecule has 7 heteroatoms. The first-order chi connectivity index (χ1) is 8.03. The van der Waals surface area contributed by atoms with E-state index in [1.807, 2.05) is 0 Å².